The maximum absolute atomic E-state index is 10.6. The van der Waals surface area contributed by atoms with Crippen LogP contribution in [0.2, 0.25) is 0 Å². The summed E-state index contributed by atoms with van der Waals surface area (Å²) in [5, 5.41) is 11.3. The average molecular weight is 248 g/mol. The fourth-order valence-corrected chi connectivity index (χ4v) is 1.53. The van der Waals surface area contributed by atoms with Crippen LogP contribution in [0.25, 0.3) is 0 Å². The van der Waals surface area contributed by atoms with Gasteiger partial charge in [0.05, 0.1) is 0 Å². The molecule has 0 unspecified atom stereocenters. The minimum atomic E-state index is -0.439. The van der Waals surface area contributed by atoms with Crippen molar-refractivity contribution >= 4 is 21.7 Å². The van der Waals surface area contributed by atoms with Crippen molar-refractivity contribution in [2.45, 2.75) is 13.3 Å². The molecule has 1 aromatic heterocycles. The van der Waals surface area contributed by atoms with Crippen molar-refractivity contribution in [3.05, 3.63) is 21.6 Å². The van der Waals surface area contributed by atoms with Gasteiger partial charge in [0, 0.05) is 25.7 Å². The molecular formula is C7H10BrN3O2. The van der Waals surface area contributed by atoms with Crippen LogP contribution in [0.15, 0.2) is 0 Å². The first kappa shape index (κ1) is 10.2. The van der Waals surface area contributed by atoms with Gasteiger partial charge in [-0.25, -0.2) is 0 Å². The van der Waals surface area contributed by atoms with E-state index < -0.39 is 4.92 Å². The Morgan fingerprint density at radius 3 is 2.77 bits per heavy atom. The van der Waals surface area contributed by atoms with E-state index in [0.29, 0.717) is 23.3 Å². The molecule has 0 aromatic carbocycles. The molecule has 0 fully saturated rings. The zero-order chi connectivity index (χ0) is 10.0. The molecule has 0 saturated heterocycles. The highest BCUT2D eigenvalue weighted by atomic mass is 79.9. The van der Waals surface area contributed by atoms with E-state index in [0.717, 1.165) is 0 Å². The zero-order valence-electron chi connectivity index (χ0n) is 7.45. The van der Waals surface area contributed by atoms with Gasteiger partial charge in [0.15, 0.2) is 0 Å². The summed E-state index contributed by atoms with van der Waals surface area (Å²) in [6, 6.07) is 0. The van der Waals surface area contributed by atoms with E-state index in [4.69, 9.17) is 0 Å². The first-order valence-electron chi connectivity index (χ1n) is 3.80. The molecule has 0 radical (unpaired) electrons. The van der Waals surface area contributed by atoms with Gasteiger partial charge < -0.3 is 14.7 Å². The van der Waals surface area contributed by atoms with Gasteiger partial charge in [0.2, 0.25) is 5.82 Å². The predicted octanol–water partition coefficient (Wildman–Crippen LogP) is 1.57. The molecule has 0 N–H and O–H groups in total. The molecule has 6 heteroatoms. The van der Waals surface area contributed by atoms with Crippen molar-refractivity contribution in [1.82, 2.24) is 9.55 Å². The number of hydrogen-bond donors (Lipinski definition) is 0. The summed E-state index contributed by atoms with van der Waals surface area (Å²) in [5.74, 6) is 0.641. The lowest BCUT2D eigenvalue weighted by Gasteiger charge is -1.98. The molecule has 1 heterocycles. The Morgan fingerprint density at radius 1 is 1.69 bits per heavy atom. The highest BCUT2D eigenvalue weighted by molar-refractivity contribution is 9.09. The number of halogens is 1. The SMILES string of the molecule is Cc1nc([N+](=O)[O-])c(CCBr)n1C. The molecule has 0 aliphatic carbocycles. The predicted molar refractivity (Wildman–Crippen MR) is 52.1 cm³/mol. The molecule has 0 atom stereocenters. The van der Waals surface area contributed by atoms with Crippen LogP contribution >= 0.6 is 15.9 Å². The molecule has 1 aromatic rings. The van der Waals surface area contributed by atoms with Crippen LogP contribution < -0.4 is 0 Å². The number of imidazole rings is 1. The highest BCUT2D eigenvalue weighted by Gasteiger charge is 2.22. The van der Waals surface area contributed by atoms with Crippen molar-refractivity contribution in [3.63, 3.8) is 0 Å². The Hall–Kier alpha value is -0.910. The average Bonchev–Trinajstić information content (AvgIpc) is 2.33. The third kappa shape index (κ3) is 1.88. The number of alkyl halides is 1. The molecule has 1 rings (SSSR count). The van der Waals surface area contributed by atoms with Crippen molar-refractivity contribution < 1.29 is 4.92 Å². The second kappa shape index (κ2) is 3.87. The third-order valence-corrected chi connectivity index (χ3v) is 2.32. The Morgan fingerprint density at radius 2 is 2.31 bits per heavy atom. The second-order valence-corrected chi connectivity index (χ2v) is 3.48. The maximum Gasteiger partial charge on any atom is 0.385 e. The molecule has 72 valence electrons. The molecule has 5 nitrogen and oxygen atoms in total. The highest BCUT2D eigenvalue weighted by Crippen LogP contribution is 2.18. The van der Waals surface area contributed by atoms with E-state index in [-0.39, 0.29) is 5.82 Å². The van der Waals surface area contributed by atoms with Gasteiger partial charge in [-0.15, -0.1) is 0 Å². The van der Waals surface area contributed by atoms with Crippen molar-refractivity contribution in [2.75, 3.05) is 5.33 Å². The molecule has 0 spiro atoms. The Bertz CT molecular complexity index is 335. The van der Waals surface area contributed by atoms with E-state index in [9.17, 15) is 10.1 Å². The lowest BCUT2D eigenvalue weighted by Crippen LogP contribution is -2.01. The van der Waals surface area contributed by atoms with Crippen molar-refractivity contribution in [3.8, 4) is 0 Å². The van der Waals surface area contributed by atoms with E-state index in [1.807, 2.05) is 0 Å². The van der Waals surface area contributed by atoms with Crippen LogP contribution in [-0.4, -0.2) is 19.8 Å². The van der Waals surface area contributed by atoms with Crippen LogP contribution in [-0.2, 0) is 13.5 Å². The topological polar surface area (TPSA) is 61.0 Å². The standard InChI is InChI=1S/C7H10BrN3O2/c1-5-9-7(11(12)13)6(3-4-8)10(5)2/h3-4H2,1-2H3. The monoisotopic (exact) mass is 247 g/mol. The fourth-order valence-electron chi connectivity index (χ4n) is 1.15. The summed E-state index contributed by atoms with van der Waals surface area (Å²) < 4.78 is 1.75. The van der Waals surface area contributed by atoms with Gasteiger partial charge in [0.1, 0.15) is 5.69 Å². The molecule has 0 aliphatic rings. The molecule has 0 aliphatic heterocycles. The Labute approximate surface area is 84.1 Å². The first-order chi connectivity index (χ1) is 6.07. The van der Waals surface area contributed by atoms with Gasteiger partial charge in [-0.3, -0.25) is 0 Å². The van der Waals surface area contributed by atoms with Gasteiger partial charge in [-0.05, 0) is 9.91 Å². The van der Waals surface area contributed by atoms with E-state index in [1.54, 1.807) is 18.5 Å². The minimum absolute atomic E-state index is 0.0283. The van der Waals surface area contributed by atoms with Crippen LogP contribution in [0.5, 0.6) is 0 Å². The van der Waals surface area contributed by atoms with Gasteiger partial charge in [-0.1, -0.05) is 15.9 Å². The zero-order valence-corrected chi connectivity index (χ0v) is 9.04. The molecule has 0 amide bonds. The molecule has 13 heavy (non-hydrogen) atoms. The third-order valence-electron chi connectivity index (χ3n) is 1.92. The summed E-state index contributed by atoms with van der Waals surface area (Å²) in [4.78, 5) is 14.0. The summed E-state index contributed by atoms with van der Waals surface area (Å²) in [5.41, 5.74) is 0.666. The molecule has 0 bridgehead atoms. The van der Waals surface area contributed by atoms with Gasteiger partial charge >= 0.3 is 5.82 Å². The van der Waals surface area contributed by atoms with Crippen molar-refractivity contribution in [1.29, 1.82) is 0 Å². The lowest BCUT2D eigenvalue weighted by atomic mass is 10.3. The van der Waals surface area contributed by atoms with Crippen LogP contribution in [0.1, 0.15) is 11.5 Å². The number of rotatable bonds is 3. The number of aryl methyl sites for hydroxylation is 1. The van der Waals surface area contributed by atoms with E-state index >= 15 is 0 Å². The maximum atomic E-state index is 10.6. The van der Waals surface area contributed by atoms with Crippen molar-refractivity contribution in [2.24, 2.45) is 7.05 Å². The summed E-state index contributed by atoms with van der Waals surface area (Å²) in [6.07, 6.45) is 0.619. The fraction of sp³-hybridized carbons (Fsp3) is 0.571. The van der Waals surface area contributed by atoms with Crippen LogP contribution in [0.4, 0.5) is 5.82 Å². The second-order valence-electron chi connectivity index (χ2n) is 2.68. The molecular weight excluding hydrogens is 238 g/mol. The van der Waals surface area contributed by atoms with Crippen LogP contribution in [0, 0.1) is 17.0 Å². The summed E-state index contributed by atoms with van der Waals surface area (Å²) >= 11 is 3.25. The Balaban J connectivity index is 3.18. The number of aromatic nitrogens is 2. The lowest BCUT2D eigenvalue weighted by molar-refractivity contribution is -0.390. The number of hydrogen-bond acceptors (Lipinski definition) is 3. The summed E-state index contributed by atoms with van der Waals surface area (Å²) in [6.45, 7) is 1.75. The number of nitrogens with zero attached hydrogens (tertiary/aromatic N) is 3. The quantitative estimate of drug-likeness (QED) is 0.463. The largest absolute Gasteiger partial charge is 0.385 e. The number of nitro groups is 1. The molecule has 0 saturated carbocycles. The van der Waals surface area contributed by atoms with Crippen LogP contribution in [0.3, 0.4) is 0 Å². The minimum Gasteiger partial charge on any atom is -0.358 e. The smallest absolute Gasteiger partial charge is 0.358 e. The Kier molecular flexibility index (Phi) is 3.02. The van der Waals surface area contributed by atoms with E-state index in [2.05, 4.69) is 20.9 Å². The summed E-state index contributed by atoms with van der Waals surface area (Å²) in [7, 11) is 1.79. The van der Waals surface area contributed by atoms with Gasteiger partial charge in [-0.2, -0.15) is 0 Å². The first-order valence-corrected chi connectivity index (χ1v) is 4.92. The van der Waals surface area contributed by atoms with E-state index in [1.165, 1.54) is 0 Å². The van der Waals surface area contributed by atoms with Gasteiger partial charge in [0.25, 0.3) is 0 Å². The normalized spacial score (nSPS) is 10.4.